The molecule has 0 amide bonds. The molecular formula is C8H14N4O4S. The molecule has 0 unspecified atom stereocenters. The average Bonchev–Trinajstić information content (AvgIpc) is 2.63. The molecule has 0 fully saturated rings. The van der Waals surface area contributed by atoms with Crippen LogP contribution < -0.4 is 4.72 Å². The largest absolute Gasteiger partial charge is 0.469 e. The summed E-state index contributed by atoms with van der Waals surface area (Å²) < 4.78 is 31.1. The summed E-state index contributed by atoms with van der Waals surface area (Å²) in [4.78, 5) is 14.5. The van der Waals surface area contributed by atoms with Gasteiger partial charge in [0.05, 0.1) is 12.9 Å². The Morgan fingerprint density at radius 2 is 2.29 bits per heavy atom. The van der Waals surface area contributed by atoms with Crippen molar-refractivity contribution in [2.45, 2.75) is 12.8 Å². The maximum absolute atomic E-state index is 11.6. The number of ether oxygens (including phenoxy) is 1. The van der Waals surface area contributed by atoms with Crippen LogP contribution in [0.4, 0.5) is 5.95 Å². The lowest BCUT2D eigenvalue weighted by atomic mass is 10.3. The number of hydrogen-bond donors (Lipinski definition) is 1. The highest BCUT2D eigenvalue weighted by Gasteiger charge is 2.14. The fourth-order valence-electron chi connectivity index (χ4n) is 1.09. The number of nitrogens with one attached hydrogen (secondary N) is 1. The van der Waals surface area contributed by atoms with Gasteiger partial charge in [0.1, 0.15) is 6.33 Å². The Morgan fingerprint density at radius 1 is 1.59 bits per heavy atom. The number of methoxy groups -OCH3 is 1. The van der Waals surface area contributed by atoms with Crippen molar-refractivity contribution < 1.29 is 17.9 Å². The summed E-state index contributed by atoms with van der Waals surface area (Å²) >= 11 is 0. The Hall–Kier alpha value is -1.64. The first-order valence-electron chi connectivity index (χ1n) is 4.86. The lowest BCUT2D eigenvalue weighted by molar-refractivity contribution is -0.140. The van der Waals surface area contributed by atoms with E-state index in [-0.39, 0.29) is 24.5 Å². The van der Waals surface area contributed by atoms with Gasteiger partial charge in [0.15, 0.2) is 0 Å². The van der Waals surface area contributed by atoms with Gasteiger partial charge in [-0.3, -0.25) is 9.52 Å². The van der Waals surface area contributed by atoms with E-state index in [0.717, 1.165) is 0 Å². The van der Waals surface area contributed by atoms with Crippen LogP contribution in [-0.4, -0.2) is 42.0 Å². The molecule has 0 aliphatic heterocycles. The third-order valence-electron chi connectivity index (χ3n) is 1.98. The molecular weight excluding hydrogens is 248 g/mol. The van der Waals surface area contributed by atoms with Crippen molar-refractivity contribution >= 4 is 21.9 Å². The standard InChI is InChI=1S/C8H14N4O4S/c1-12-8(9-6-10-12)11-17(14,15)5-3-4-7(13)16-2/h6H,3-5H2,1-2H3,(H,9,10,11). The van der Waals surface area contributed by atoms with Crippen LogP contribution in [0, 0.1) is 0 Å². The van der Waals surface area contributed by atoms with E-state index in [4.69, 9.17) is 0 Å². The Balaban J connectivity index is 2.47. The van der Waals surface area contributed by atoms with Gasteiger partial charge in [-0.15, -0.1) is 0 Å². The van der Waals surface area contributed by atoms with Crippen LogP contribution in [0.15, 0.2) is 6.33 Å². The fourth-order valence-corrected chi connectivity index (χ4v) is 2.18. The molecule has 8 nitrogen and oxygen atoms in total. The van der Waals surface area contributed by atoms with E-state index < -0.39 is 16.0 Å². The smallest absolute Gasteiger partial charge is 0.305 e. The first-order chi connectivity index (χ1) is 7.94. The third kappa shape index (κ3) is 4.39. The van der Waals surface area contributed by atoms with E-state index in [1.54, 1.807) is 7.05 Å². The van der Waals surface area contributed by atoms with Gasteiger partial charge in [0, 0.05) is 13.5 Å². The second-order valence-electron chi connectivity index (χ2n) is 3.31. The summed E-state index contributed by atoms with van der Waals surface area (Å²) in [5.41, 5.74) is 0. The van der Waals surface area contributed by atoms with E-state index in [1.165, 1.54) is 18.1 Å². The SMILES string of the molecule is COC(=O)CCCS(=O)(=O)Nc1ncnn1C. The van der Waals surface area contributed by atoms with Gasteiger partial charge in [-0.1, -0.05) is 0 Å². The average molecular weight is 262 g/mol. The Morgan fingerprint density at radius 3 is 2.82 bits per heavy atom. The number of aromatic nitrogens is 3. The third-order valence-corrected chi connectivity index (χ3v) is 3.30. The van der Waals surface area contributed by atoms with Crippen LogP contribution in [0.25, 0.3) is 0 Å². The van der Waals surface area contributed by atoms with E-state index in [1.807, 2.05) is 0 Å². The van der Waals surface area contributed by atoms with Crippen molar-refractivity contribution in [3.8, 4) is 0 Å². The van der Waals surface area contributed by atoms with Gasteiger partial charge in [0.2, 0.25) is 16.0 Å². The number of anilines is 1. The molecule has 0 aromatic carbocycles. The maximum Gasteiger partial charge on any atom is 0.305 e. The molecule has 0 saturated carbocycles. The topological polar surface area (TPSA) is 103 Å². The number of nitrogens with zero attached hydrogens (tertiary/aromatic N) is 3. The highest BCUT2D eigenvalue weighted by atomic mass is 32.2. The summed E-state index contributed by atoms with van der Waals surface area (Å²) in [5.74, 6) is -0.462. The number of hydrogen-bond acceptors (Lipinski definition) is 6. The molecule has 1 rings (SSSR count). The zero-order chi connectivity index (χ0) is 12.9. The van der Waals surface area contributed by atoms with Crippen LogP contribution in [0.1, 0.15) is 12.8 Å². The molecule has 1 heterocycles. The highest BCUT2D eigenvalue weighted by molar-refractivity contribution is 7.92. The summed E-state index contributed by atoms with van der Waals surface area (Å²) in [7, 11) is -0.685. The molecule has 0 bridgehead atoms. The Bertz CT molecular complexity index is 481. The molecule has 1 N–H and O–H groups in total. The van der Waals surface area contributed by atoms with Crippen molar-refractivity contribution in [2.75, 3.05) is 17.6 Å². The van der Waals surface area contributed by atoms with Crippen LogP contribution in [0.2, 0.25) is 0 Å². The summed E-state index contributed by atoms with van der Waals surface area (Å²) in [6.45, 7) is 0. The van der Waals surface area contributed by atoms with E-state index in [9.17, 15) is 13.2 Å². The summed E-state index contributed by atoms with van der Waals surface area (Å²) in [6, 6.07) is 0. The minimum atomic E-state index is -3.51. The molecule has 0 atom stereocenters. The Kier molecular flexibility index (Phi) is 4.44. The number of rotatable bonds is 6. The normalized spacial score (nSPS) is 11.2. The molecule has 1 aromatic rings. The minimum Gasteiger partial charge on any atom is -0.469 e. The maximum atomic E-state index is 11.6. The first kappa shape index (κ1) is 13.4. The predicted octanol–water partition coefficient (Wildman–Crippen LogP) is -0.490. The number of carbonyl (C=O) groups excluding carboxylic acids is 1. The number of sulfonamides is 1. The van der Waals surface area contributed by atoms with Gasteiger partial charge >= 0.3 is 5.97 Å². The molecule has 9 heteroatoms. The Labute approximate surface area is 99.0 Å². The second-order valence-corrected chi connectivity index (χ2v) is 5.15. The van der Waals surface area contributed by atoms with Crippen molar-refractivity contribution in [2.24, 2.45) is 7.05 Å². The van der Waals surface area contributed by atoms with Crippen LogP contribution in [-0.2, 0) is 26.6 Å². The zero-order valence-electron chi connectivity index (χ0n) is 9.58. The highest BCUT2D eigenvalue weighted by Crippen LogP contribution is 2.04. The van der Waals surface area contributed by atoms with Crippen molar-refractivity contribution in [1.29, 1.82) is 0 Å². The minimum absolute atomic E-state index is 0.0657. The van der Waals surface area contributed by atoms with Gasteiger partial charge in [-0.05, 0) is 6.42 Å². The molecule has 0 spiro atoms. The number of esters is 1. The molecule has 0 radical (unpaired) electrons. The lowest BCUT2D eigenvalue weighted by Crippen LogP contribution is -2.20. The van der Waals surface area contributed by atoms with Crippen LogP contribution in [0.5, 0.6) is 0 Å². The lowest BCUT2D eigenvalue weighted by Gasteiger charge is -2.05. The van der Waals surface area contributed by atoms with Crippen molar-refractivity contribution in [3.63, 3.8) is 0 Å². The molecule has 0 aliphatic rings. The van der Waals surface area contributed by atoms with Gasteiger partial charge in [-0.25, -0.2) is 13.1 Å². The quantitative estimate of drug-likeness (QED) is 0.694. The monoisotopic (exact) mass is 262 g/mol. The predicted molar refractivity (Wildman–Crippen MR) is 59.7 cm³/mol. The summed E-state index contributed by atoms with van der Waals surface area (Å²) in [6.07, 6.45) is 1.50. The van der Waals surface area contributed by atoms with Gasteiger partial charge in [-0.2, -0.15) is 10.1 Å². The van der Waals surface area contributed by atoms with Crippen LogP contribution in [0.3, 0.4) is 0 Å². The van der Waals surface area contributed by atoms with Crippen molar-refractivity contribution in [1.82, 2.24) is 14.8 Å². The molecule has 0 saturated heterocycles. The van der Waals surface area contributed by atoms with Gasteiger partial charge in [0.25, 0.3) is 0 Å². The van der Waals surface area contributed by atoms with Crippen LogP contribution >= 0.6 is 0 Å². The van der Waals surface area contributed by atoms with Crippen molar-refractivity contribution in [3.05, 3.63) is 6.33 Å². The molecule has 17 heavy (non-hydrogen) atoms. The zero-order valence-corrected chi connectivity index (χ0v) is 10.4. The summed E-state index contributed by atoms with van der Waals surface area (Å²) in [5, 5.41) is 3.73. The van der Waals surface area contributed by atoms with E-state index >= 15 is 0 Å². The molecule has 0 aliphatic carbocycles. The fraction of sp³-hybridized carbons (Fsp3) is 0.625. The number of carbonyl (C=O) groups is 1. The molecule has 96 valence electrons. The first-order valence-corrected chi connectivity index (χ1v) is 6.51. The second kappa shape index (κ2) is 5.62. The van der Waals surface area contributed by atoms with Gasteiger partial charge < -0.3 is 4.74 Å². The van der Waals surface area contributed by atoms with E-state index in [0.29, 0.717) is 0 Å². The van der Waals surface area contributed by atoms with E-state index in [2.05, 4.69) is 19.5 Å². The molecule has 1 aromatic heterocycles. The number of aryl methyl sites for hydroxylation is 1.